The number of nitrogens with one attached hydrogen (secondary N) is 1. The zero-order chi connectivity index (χ0) is 18.9. The average Bonchev–Trinajstić information content (AvgIpc) is 3.01. The van der Waals surface area contributed by atoms with Crippen molar-refractivity contribution in [1.82, 2.24) is 10.3 Å². The summed E-state index contributed by atoms with van der Waals surface area (Å²) in [7, 11) is 0. The molecule has 5 nitrogen and oxygen atoms in total. The minimum Gasteiger partial charge on any atom is -0.469 e. The number of piperidine rings is 1. The van der Waals surface area contributed by atoms with Gasteiger partial charge in [-0.1, -0.05) is 11.6 Å². The lowest BCUT2D eigenvalue weighted by molar-refractivity contribution is -0.137. The molecule has 1 aliphatic rings. The van der Waals surface area contributed by atoms with Gasteiger partial charge < -0.3 is 14.6 Å². The van der Waals surface area contributed by atoms with E-state index in [1.165, 1.54) is 6.26 Å². The standard InChI is InChI=1S/C17H17ClF3N3O2/c1-10-13(4-7-26-10)16(25)23-12-2-5-24(6-3-12)15-14(18)8-11(9-22-15)17(19,20)21/h4,7-9,12H,2-3,5-6H2,1H3,(H,23,25). The van der Waals surface area contributed by atoms with Gasteiger partial charge in [0.05, 0.1) is 22.4 Å². The van der Waals surface area contributed by atoms with E-state index < -0.39 is 11.7 Å². The molecule has 26 heavy (non-hydrogen) atoms. The molecule has 2 aromatic rings. The van der Waals surface area contributed by atoms with Crippen LogP contribution in [-0.4, -0.2) is 30.0 Å². The molecular weight excluding hydrogens is 371 g/mol. The van der Waals surface area contributed by atoms with Crippen molar-refractivity contribution in [3.05, 3.63) is 46.5 Å². The van der Waals surface area contributed by atoms with E-state index >= 15 is 0 Å². The van der Waals surface area contributed by atoms with Crippen LogP contribution in [0.5, 0.6) is 0 Å². The van der Waals surface area contributed by atoms with Crippen molar-refractivity contribution >= 4 is 23.3 Å². The Morgan fingerprint density at radius 2 is 2.08 bits per heavy atom. The molecule has 3 rings (SSSR count). The number of aromatic nitrogens is 1. The third kappa shape index (κ3) is 3.95. The molecular formula is C17H17ClF3N3O2. The molecule has 0 saturated carbocycles. The van der Waals surface area contributed by atoms with E-state index in [1.807, 2.05) is 4.90 Å². The molecule has 3 heterocycles. The molecule has 1 saturated heterocycles. The van der Waals surface area contributed by atoms with Crippen molar-refractivity contribution in [2.24, 2.45) is 0 Å². The quantitative estimate of drug-likeness (QED) is 0.863. The summed E-state index contributed by atoms with van der Waals surface area (Å²) in [6.07, 6.45) is -0.942. The van der Waals surface area contributed by atoms with Crippen LogP contribution in [0, 0.1) is 6.92 Å². The number of pyridine rings is 1. The van der Waals surface area contributed by atoms with Crippen LogP contribution in [-0.2, 0) is 6.18 Å². The first-order chi connectivity index (χ1) is 12.3. The highest BCUT2D eigenvalue weighted by Gasteiger charge is 2.32. The summed E-state index contributed by atoms with van der Waals surface area (Å²) in [5.41, 5.74) is -0.372. The number of hydrogen-bond donors (Lipinski definition) is 1. The molecule has 1 amide bonds. The lowest BCUT2D eigenvalue weighted by Gasteiger charge is -2.33. The van der Waals surface area contributed by atoms with Gasteiger partial charge in [0.15, 0.2) is 0 Å². The van der Waals surface area contributed by atoms with E-state index in [9.17, 15) is 18.0 Å². The Labute approximate surface area is 153 Å². The van der Waals surface area contributed by atoms with E-state index in [0.717, 1.165) is 12.3 Å². The fourth-order valence-electron chi connectivity index (χ4n) is 2.94. The number of hydrogen-bond acceptors (Lipinski definition) is 4. The van der Waals surface area contributed by atoms with Crippen LogP contribution in [0.25, 0.3) is 0 Å². The first-order valence-electron chi connectivity index (χ1n) is 8.08. The molecule has 0 radical (unpaired) electrons. The number of rotatable bonds is 3. The molecule has 0 bridgehead atoms. The van der Waals surface area contributed by atoms with Crippen molar-refractivity contribution in [3.63, 3.8) is 0 Å². The van der Waals surface area contributed by atoms with Crippen molar-refractivity contribution in [3.8, 4) is 0 Å². The molecule has 0 aromatic carbocycles. The lowest BCUT2D eigenvalue weighted by Crippen LogP contribution is -2.45. The minimum atomic E-state index is -4.47. The minimum absolute atomic E-state index is 0.0266. The Hall–Kier alpha value is -2.22. The van der Waals surface area contributed by atoms with Gasteiger partial charge in [0.25, 0.3) is 5.91 Å². The molecule has 1 fully saturated rings. The van der Waals surface area contributed by atoms with Gasteiger partial charge in [-0.05, 0) is 31.9 Å². The van der Waals surface area contributed by atoms with Gasteiger partial charge >= 0.3 is 6.18 Å². The van der Waals surface area contributed by atoms with Crippen LogP contribution in [0.2, 0.25) is 5.02 Å². The van der Waals surface area contributed by atoms with Crippen molar-refractivity contribution < 1.29 is 22.4 Å². The Bertz CT molecular complexity index is 799. The monoisotopic (exact) mass is 387 g/mol. The first-order valence-corrected chi connectivity index (χ1v) is 8.46. The van der Waals surface area contributed by atoms with Crippen molar-refractivity contribution in [2.45, 2.75) is 32.0 Å². The molecule has 0 aliphatic carbocycles. The normalized spacial score (nSPS) is 16.0. The number of halogens is 4. The molecule has 140 valence electrons. The summed E-state index contributed by atoms with van der Waals surface area (Å²) < 4.78 is 43.2. The average molecular weight is 388 g/mol. The number of aryl methyl sites for hydroxylation is 1. The van der Waals surface area contributed by atoms with Gasteiger partial charge in [0, 0.05) is 25.3 Å². The summed E-state index contributed by atoms with van der Waals surface area (Å²) in [5, 5.41) is 2.92. The Morgan fingerprint density at radius 3 is 2.62 bits per heavy atom. The third-order valence-corrected chi connectivity index (χ3v) is 4.66. The molecule has 0 spiro atoms. The summed E-state index contributed by atoms with van der Waals surface area (Å²) >= 11 is 5.99. The van der Waals surface area contributed by atoms with Gasteiger partial charge in [0.1, 0.15) is 11.6 Å². The number of furan rings is 1. The first kappa shape index (κ1) is 18.6. The van der Waals surface area contributed by atoms with E-state index in [1.54, 1.807) is 13.0 Å². The number of anilines is 1. The Morgan fingerprint density at radius 1 is 1.38 bits per heavy atom. The molecule has 0 unspecified atom stereocenters. The molecule has 2 aromatic heterocycles. The van der Waals surface area contributed by atoms with E-state index in [0.29, 0.717) is 43.1 Å². The SMILES string of the molecule is Cc1occc1C(=O)NC1CCN(c2ncc(C(F)(F)F)cc2Cl)CC1. The summed E-state index contributed by atoms with van der Waals surface area (Å²) in [4.78, 5) is 17.9. The van der Waals surface area contributed by atoms with Gasteiger partial charge in [-0.25, -0.2) is 4.98 Å². The highest BCUT2D eigenvalue weighted by atomic mass is 35.5. The second kappa shape index (κ2) is 7.19. The smallest absolute Gasteiger partial charge is 0.417 e. The van der Waals surface area contributed by atoms with E-state index in [4.69, 9.17) is 16.0 Å². The number of amides is 1. The Balaban J connectivity index is 1.60. The molecule has 9 heteroatoms. The fourth-order valence-corrected chi connectivity index (χ4v) is 3.22. The van der Waals surface area contributed by atoms with Crippen LogP contribution in [0.4, 0.5) is 19.0 Å². The molecule has 1 N–H and O–H groups in total. The summed E-state index contributed by atoms with van der Waals surface area (Å²) in [6, 6.07) is 2.48. The summed E-state index contributed by atoms with van der Waals surface area (Å²) in [6.45, 7) is 2.79. The maximum atomic E-state index is 12.7. The van der Waals surface area contributed by atoms with Crippen LogP contribution in [0.3, 0.4) is 0 Å². The van der Waals surface area contributed by atoms with Crippen LogP contribution < -0.4 is 10.2 Å². The third-order valence-electron chi connectivity index (χ3n) is 4.38. The second-order valence-corrected chi connectivity index (χ2v) is 6.56. The second-order valence-electron chi connectivity index (χ2n) is 6.15. The summed E-state index contributed by atoms with van der Waals surface area (Å²) in [5.74, 6) is 0.691. The molecule has 0 atom stereocenters. The van der Waals surface area contributed by atoms with Crippen LogP contribution in [0.1, 0.15) is 34.5 Å². The zero-order valence-electron chi connectivity index (χ0n) is 13.9. The highest BCUT2D eigenvalue weighted by Crippen LogP contribution is 2.34. The largest absolute Gasteiger partial charge is 0.469 e. The number of carbonyl (C=O) groups excluding carboxylic acids is 1. The lowest BCUT2D eigenvalue weighted by atomic mass is 10.0. The maximum Gasteiger partial charge on any atom is 0.417 e. The Kier molecular flexibility index (Phi) is 5.13. The van der Waals surface area contributed by atoms with Crippen molar-refractivity contribution in [1.29, 1.82) is 0 Å². The number of alkyl halides is 3. The molecule has 1 aliphatic heterocycles. The van der Waals surface area contributed by atoms with Gasteiger partial charge in [-0.2, -0.15) is 13.2 Å². The van der Waals surface area contributed by atoms with Gasteiger partial charge in [-0.15, -0.1) is 0 Å². The van der Waals surface area contributed by atoms with Crippen molar-refractivity contribution in [2.75, 3.05) is 18.0 Å². The predicted molar refractivity (Wildman–Crippen MR) is 90.4 cm³/mol. The van der Waals surface area contributed by atoms with Gasteiger partial charge in [0.2, 0.25) is 0 Å². The predicted octanol–water partition coefficient (Wildman–Crippen LogP) is 4.05. The highest BCUT2D eigenvalue weighted by molar-refractivity contribution is 6.33. The maximum absolute atomic E-state index is 12.7. The van der Waals surface area contributed by atoms with Crippen LogP contribution >= 0.6 is 11.6 Å². The zero-order valence-corrected chi connectivity index (χ0v) is 14.7. The van der Waals surface area contributed by atoms with E-state index in [-0.39, 0.29) is 17.0 Å². The van der Waals surface area contributed by atoms with E-state index in [2.05, 4.69) is 10.3 Å². The topological polar surface area (TPSA) is 58.4 Å². The van der Waals surface area contributed by atoms with Crippen LogP contribution in [0.15, 0.2) is 29.0 Å². The number of carbonyl (C=O) groups is 1. The number of nitrogens with zero attached hydrogens (tertiary/aromatic N) is 2. The van der Waals surface area contributed by atoms with Gasteiger partial charge in [-0.3, -0.25) is 4.79 Å². The fraction of sp³-hybridized carbons (Fsp3) is 0.412.